The lowest BCUT2D eigenvalue weighted by Gasteiger charge is -2.64. The summed E-state index contributed by atoms with van der Waals surface area (Å²) in [6.07, 6.45) is 40.6. The van der Waals surface area contributed by atoms with E-state index in [1.165, 1.54) is 135 Å². The minimum atomic E-state index is -0.661. The molecule has 0 bridgehead atoms. The second-order valence-electron chi connectivity index (χ2n) is 35.6. The van der Waals surface area contributed by atoms with E-state index < -0.39 is 16.8 Å². The molecule has 2 saturated heterocycles. The van der Waals surface area contributed by atoms with E-state index >= 15 is 0 Å². The van der Waals surface area contributed by atoms with Gasteiger partial charge in [-0.25, -0.2) is 14.4 Å². The molecule has 3 N–H and O–H groups in total. The summed E-state index contributed by atoms with van der Waals surface area (Å²) in [6.45, 7) is 19.8. The maximum absolute atomic E-state index is 12.4. The Morgan fingerprint density at radius 1 is 0.370 bits per heavy atom. The van der Waals surface area contributed by atoms with Gasteiger partial charge in [-0.05, 0) is 335 Å². The number of rotatable bonds is 5. The van der Waals surface area contributed by atoms with Crippen LogP contribution in [-0.4, -0.2) is 86.0 Å². The lowest BCUT2D eigenvalue weighted by atomic mass is 9.43. The predicted molar refractivity (Wildman–Crippen MR) is 357 cm³/mol. The second-order valence-corrected chi connectivity index (χ2v) is 35.6. The fourth-order valence-corrected chi connectivity index (χ4v) is 27.6. The van der Waals surface area contributed by atoms with Crippen molar-refractivity contribution in [3.8, 4) is 0 Å². The molecule has 504 valence electrons. The van der Waals surface area contributed by atoms with E-state index in [2.05, 4.69) is 51.3 Å². The number of nitrogens with zero attached hydrogens (tertiary/aromatic N) is 2. The van der Waals surface area contributed by atoms with Gasteiger partial charge in [0, 0.05) is 59.4 Å². The van der Waals surface area contributed by atoms with Gasteiger partial charge in [0.15, 0.2) is 0 Å². The van der Waals surface area contributed by atoms with E-state index in [0.29, 0.717) is 58.0 Å². The van der Waals surface area contributed by atoms with Crippen LogP contribution in [-0.2, 0) is 4.79 Å². The SMILES string of the molecule is C[C@]12CCC(=O)C[C@H]1CC[C@@H]1[C@@H]2CC[C@]2(C)[C@@H](c3ccc(=O)oc3)CC[C@]12O.C[C@]12CCC(N3CCCC3)C[C@H]1CC[C@@H]1[C@@H]2CC[C@]2(C)[C@@H](c3ccc(=O)oc3)CC[C@]12O.C[C@]12CCC(N3CCCC3)C[C@H]1CC[C@@H]1[C@@H]2CC[C@]2(C)[C@@H](c3ccc(=O)oc3)CC[C@]12O. The monoisotopic (exact) mass is 1260 g/mol. The highest BCUT2D eigenvalue weighted by Gasteiger charge is 2.71. The third-order valence-corrected chi connectivity index (χ3v) is 33.0. The third-order valence-electron chi connectivity index (χ3n) is 33.0. The van der Waals surface area contributed by atoms with Crippen LogP contribution in [0.2, 0.25) is 0 Å². The zero-order chi connectivity index (χ0) is 64.0. The van der Waals surface area contributed by atoms with E-state index in [1.807, 2.05) is 18.2 Å². The smallest absolute Gasteiger partial charge is 0.335 e. The first kappa shape index (κ1) is 64.3. The van der Waals surface area contributed by atoms with Crippen LogP contribution in [0.4, 0.5) is 0 Å². The molecule has 17 rings (SSSR count). The molecule has 14 fully saturated rings. The molecule has 0 amide bonds. The van der Waals surface area contributed by atoms with Crippen molar-refractivity contribution in [2.75, 3.05) is 26.2 Å². The van der Waals surface area contributed by atoms with Gasteiger partial charge < -0.3 is 38.4 Å². The number of likely N-dealkylation sites (tertiary alicyclic amines) is 2. The maximum Gasteiger partial charge on any atom is 0.335 e. The van der Waals surface area contributed by atoms with Crippen molar-refractivity contribution in [1.82, 2.24) is 9.80 Å². The van der Waals surface area contributed by atoms with Crippen LogP contribution in [0, 0.1) is 85.8 Å². The number of ketones is 1. The van der Waals surface area contributed by atoms with Crippen LogP contribution in [0.3, 0.4) is 0 Å². The first-order valence-electron chi connectivity index (χ1n) is 37.9. The molecule has 3 aromatic rings. The summed E-state index contributed by atoms with van der Waals surface area (Å²) in [5, 5.41) is 36.9. The average Bonchev–Trinajstić information content (AvgIpc) is 1.48. The summed E-state index contributed by atoms with van der Waals surface area (Å²) in [5.74, 6) is 6.41. The van der Waals surface area contributed by atoms with Crippen LogP contribution in [0.25, 0.3) is 0 Å². The Morgan fingerprint density at radius 3 is 1.04 bits per heavy atom. The molecule has 0 spiro atoms. The number of hydrogen-bond acceptors (Lipinski definition) is 12. The van der Waals surface area contributed by atoms with Gasteiger partial charge in [0.2, 0.25) is 0 Å². The van der Waals surface area contributed by atoms with Crippen LogP contribution in [0.5, 0.6) is 0 Å². The topological polar surface area (TPSA) is 175 Å². The molecular weight excluding hydrogens is 1150 g/mol. The Bertz CT molecular complexity index is 3190. The van der Waals surface area contributed by atoms with Gasteiger partial charge in [-0.3, -0.25) is 4.79 Å². The highest BCUT2D eigenvalue weighted by molar-refractivity contribution is 5.79. The number of carbonyl (C=O) groups is 1. The zero-order valence-electron chi connectivity index (χ0n) is 57.1. The van der Waals surface area contributed by atoms with Crippen LogP contribution in [0.15, 0.2) is 82.8 Å². The molecule has 12 saturated carbocycles. The lowest BCUT2D eigenvalue weighted by molar-refractivity contribution is -0.203. The van der Waals surface area contributed by atoms with Crippen molar-refractivity contribution in [3.63, 3.8) is 0 Å². The molecule has 12 heteroatoms. The maximum atomic E-state index is 12.4. The molecule has 12 aliphatic carbocycles. The van der Waals surface area contributed by atoms with Crippen molar-refractivity contribution in [2.45, 2.75) is 287 Å². The van der Waals surface area contributed by atoms with Gasteiger partial charge in [0.25, 0.3) is 0 Å². The number of carbonyl (C=O) groups excluding carboxylic acids is 1. The summed E-state index contributed by atoms with van der Waals surface area (Å²) >= 11 is 0. The summed E-state index contributed by atoms with van der Waals surface area (Å²) in [5.41, 5.74) is 1.12. The van der Waals surface area contributed by atoms with E-state index in [0.717, 1.165) is 137 Å². The highest BCUT2D eigenvalue weighted by atomic mass is 16.4. The minimum Gasteiger partial charge on any atom is -0.431 e. The number of aliphatic hydroxyl groups is 3. The van der Waals surface area contributed by atoms with Gasteiger partial charge in [-0.2, -0.15) is 0 Å². The van der Waals surface area contributed by atoms with E-state index in [1.54, 1.807) is 30.9 Å². The summed E-state index contributed by atoms with van der Waals surface area (Å²) in [7, 11) is 0. The van der Waals surface area contributed by atoms with E-state index in [4.69, 9.17) is 13.3 Å². The summed E-state index contributed by atoms with van der Waals surface area (Å²) < 4.78 is 15.6. The molecule has 23 atom stereocenters. The summed E-state index contributed by atoms with van der Waals surface area (Å²) in [4.78, 5) is 52.1. The van der Waals surface area contributed by atoms with Crippen molar-refractivity contribution in [3.05, 3.63) is 103 Å². The van der Waals surface area contributed by atoms with Crippen LogP contribution < -0.4 is 16.9 Å². The summed E-state index contributed by atoms with van der Waals surface area (Å²) in [6, 6.07) is 12.0. The van der Waals surface area contributed by atoms with Crippen molar-refractivity contribution < 1.29 is 33.4 Å². The molecule has 92 heavy (non-hydrogen) atoms. The second kappa shape index (κ2) is 23.5. The first-order chi connectivity index (χ1) is 44.0. The number of fused-ring (bicyclic) bond motifs is 15. The number of hydrogen-bond donors (Lipinski definition) is 3. The fraction of sp³-hybridized carbons (Fsp3) is 0.800. The molecular formula is C80H114N2O10. The zero-order valence-corrected chi connectivity index (χ0v) is 57.1. The quantitative estimate of drug-likeness (QED) is 0.221. The average molecular weight is 1260 g/mol. The first-order valence-corrected chi connectivity index (χ1v) is 37.9. The molecule has 12 nitrogen and oxygen atoms in total. The van der Waals surface area contributed by atoms with Gasteiger partial charge in [-0.1, -0.05) is 41.5 Å². The Balaban J connectivity index is 0.000000115. The van der Waals surface area contributed by atoms with E-state index in [9.17, 15) is 34.5 Å². The largest absolute Gasteiger partial charge is 0.431 e. The number of Topliss-reactive ketones (excluding diaryl/α,β-unsaturated/α-hetero) is 1. The normalized spacial score (nSPS) is 48.5. The molecule has 5 heterocycles. The van der Waals surface area contributed by atoms with Gasteiger partial charge in [0.05, 0.1) is 35.6 Å². The van der Waals surface area contributed by atoms with Gasteiger partial charge in [-0.15, -0.1) is 0 Å². The standard InChI is InChI=1S/2C28H41NO3.C24H32O4/c2*1-26-12-9-21(29-15-3-4-16-29)17-20(26)6-7-24-23(26)10-13-27(2)22(11-14-28(24,27)31)19-5-8-25(30)32-18-19;1-22-10-7-17(25)13-16(22)4-5-20-19(22)8-11-23(2)18(9-12-24(20,23)27)15-3-6-21(26)28-14-15/h2*5,8,18,20-24,31H,3-4,6-7,9-17H2,1-2H3;3,6,14,16,18-20,27H,4-5,7-13H2,1-2H3/t2*20-,21?,22-,23+,24-,26+,27-,28+;16-,18-,19+,20-,22+,23-,24+/m111/s1. The Kier molecular flexibility index (Phi) is 16.4. The van der Waals surface area contributed by atoms with Gasteiger partial charge in [0.1, 0.15) is 5.78 Å². The van der Waals surface area contributed by atoms with Crippen molar-refractivity contribution in [2.24, 2.45) is 85.8 Å². The lowest BCUT2D eigenvalue weighted by Crippen LogP contribution is -2.62. The molecule has 14 aliphatic rings. The molecule has 0 aromatic carbocycles. The minimum absolute atomic E-state index is 0.121. The third kappa shape index (κ3) is 9.87. The molecule has 3 aromatic heterocycles. The Labute approximate surface area is 548 Å². The van der Waals surface area contributed by atoms with Crippen LogP contribution in [0.1, 0.15) is 275 Å². The Morgan fingerprint density at radius 2 is 0.707 bits per heavy atom. The molecule has 2 unspecified atom stereocenters. The van der Waals surface area contributed by atoms with Crippen molar-refractivity contribution >= 4 is 5.78 Å². The Hall–Kier alpha value is -3.68. The molecule has 0 radical (unpaired) electrons. The van der Waals surface area contributed by atoms with Gasteiger partial charge >= 0.3 is 16.9 Å². The fourth-order valence-electron chi connectivity index (χ4n) is 27.6. The predicted octanol–water partition coefficient (Wildman–Crippen LogP) is 15.1. The van der Waals surface area contributed by atoms with Crippen molar-refractivity contribution in [1.29, 1.82) is 0 Å². The molecule has 2 aliphatic heterocycles. The van der Waals surface area contributed by atoms with E-state index in [-0.39, 0.29) is 56.3 Å². The van der Waals surface area contributed by atoms with Crippen LogP contribution >= 0.6 is 0 Å². The highest BCUT2D eigenvalue weighted by Crippen LogP contribution is 2.74.